The number of halogens is 1. The van der Waals surface area contributed by atoms with E-state index < -0.39 is 0 Å². The highest BCUT2D eigenvalue weighted by atomic mass is 35.5. The standard InChI is InChI=1S/C7H8ClNO/c8-7-2-1-6(10-7)5-3-4-9-5/h1-2,5,9H,3-4H2. The van der Waals surface area contributed by atoms with Gasteiger partial charge < -0.3 is 9.73 Å². The molecule has 0 saturated carbocycles. The van der Waals surface area contributed by atoms with Gasteiger partial charge in [-0.3, -0.25) is 0 Å². The van der Waals surface area contributed by atoms with Crippen molar-refractivity contribution in [1.82, 2.24) is 5.32 Å². The first-order valence-corrected chi connectivity index (χ1v) is 3.73. The lowest BCUT2D eigenvalue weighted by atomic mass is 10.1. The molecule has 0 radical (unpaired) electrons. The van der Waals surface area contributed by atoms with Gasteiger partial charge in [0.25, 0.3) is 0 Å². The lowest BCUT2D eigenvalue weighted by molar-refractivity contribution is 0.320. The summed E-state index contributed by atoms with van der Waals surface area (Å²) < 4.78 is 5.19. The summed E-state index contributed by atoms with van der Waals surface area (Å²) in [7, 11) is 0. The number of nitrogens with one attached hydrogen (secondary N) is 1. The zero-order valence-corrected chi connectivity index (χ0v) is 6.19. The fourth-order valence-electron chi connectivity index (χ4n) is 1.05. The van der Waals surface area contributed by atoms with E-state index in [1.807, 2.05) is 6.07 Å². The normalized spacial score (nSPS) is 24.3. The Morgan fingerprint density at radius 2 is 2.40 bits per heavy atom. The molecule has 1 aromatic heterocycles. The van der Waals surface area contributed by atoms with E-state index in [0.29, 0.717) is 11.3 Å². The van der Waals surface area contributed by atoms with E-state index in [1.165, 1.54) is 0 Å². The fraction of sp³-hybridized carbons (Fsp3) is 0.429. The summed E-state index contributed by atoms with van der Waals surface area (Å²) in [5.41, 5.74) is 0. The molecule has 10 heavy (non-hydrogen) atoms. The molecule has 2 heterocycles. The molecule has 2 nitrogen and oxygen atoms in total. The molecule has 0 bridgehead atoms. The molecule has 1 aromatic rings. The van der Waals surface area contributed by atoms with Gasteiger partial charge in [-0.25, -0.2) is 0 Å². The molecule has 1 aliphatic heterocycles. The largest absolute Gasteiger partial charge is 0.448 e. The molecule has 0 aliphatic carbocycles. The van der Waals surface area contributed by atoms with Gasteiger partial charge in [-0.05, 0) is 36.7 Å². The highest BCUT2D eigenvalue weighted by Crippen LogP contribution is 2.25. The van der Waals surface area contributed by atoms with Crippen LogP contribution in [0.1, 0.15) is 18.2 Å². The van der Waals surface area contributed by atoms with E-state index in [9.17, 15) is 0 Å². The quantitative estimate of drug-likeness (QED) is 0.674. The molecule has 3 heteroatoms. The topological polar surface area (TPSA) is 25.2 Å². The number of hydrogen-bond acceptors (Lipinski definition) is 2. The van der Waals surface area contributed by atoms with Crippen LogP contribution in [0.2, 0.25) is 5.22 Å². The zero-order valence-electron chi connectivity index (χ0n) is 5.43. The van der Waals surface area contributed by atoms with Crippen molar-refractivity contribution in [3.05, 3.63) is 23.1 Å². The molecule has 2 rings (SSSR count). The smallest absolute Gasteiger partial charge is 0.193 e. The van der Waals surface area contributed by atoms with Crippen LogP contribution in [0.25, 0.3) is 0 Å². The summed E-state index contributed by atoms with van der Waals surface area (Å²) in [5, 5.41) is 3.70. The van der Waals surface area contributed by atoms with Crippen LogP contribution in [-0.4, -0.2) is 6.54 Å². The molecule has 0 spiro atoms. The van der Waals surface area contributed by atoms with Crippen molar-refractivity contribution in [1.29, 1.82) is 0 Å². The van der Waals surface area contributed by atoms with Gasteiger partial charge in [-0.1, -0.05) is 0 Å². The Labute approximate surface area is 64.2 Å². The van der Waals surface area contributed by atoms with Gasteiger partial charge in [-0.15, -0.1) is 0 Å². The zero-order chi connectivity index (χ0) is 6.97. The minimum Gasteiger partial charge on any atom is -0.448 e. The predicted molar refractivity (Wildman–Crippen MR) is 39.1 cm³/mol. The van der Waals surface area contributed by atoms with Crippen molar-refractivity contribution < 1.29 is 4.42 Å². The number of hydrogen-bond donors (Lipinski definition) is 1. The average molecular weight is 158 g/mol. The number of furan rings is 1. The molecule has 1 N–H and O–H groups in total. The second-order valence-corrected chi connectivity index (χ2v) is 2.81. The molecule has 0 aromatic carbocycles. The predicted octanol–water partition coefficient (Wildman–Crippen LogP) is 1.97. The van der Waals surface area contributed by atoms with Crippen molar-refractivity contribution in [3.8, 4) is 0 Å². The van der Waals surface area contributed by atoms with E-state index in [1.54, 1.807) is 6.07 Å². The molecule has 1 saturated heterocycles. The van der Waals surface area contributed by atoms with Gasteiger partial charge in [0.05, 0.1) is 6.04 Å². The van der Waals surface area contributed by atoms with Crippen LogP contribution in [0.3, 0.4) is 0 Å². The maximum atomic E-state index is 5.59. The van der Waals surface area contributed by atoms with Gasteiger partial charge in [0.1, 0.15) is 5.76 Å². The average Bonchev–Trinajstić information content (AvgIpc) is 2.10. The maximum Gasteiger partial charge on any atom is 0.193 e. The monoisotopic (exact) mass is 157 g/mol. The summed E-state index contributed by atoms with van der Waals surface area (Å²) in [4.78, 5) is 0. The molecule has 54 valence electrons. The summed E-state index contributed by atoms with van der Waals surface area (Å²) in [5.74, 6) is 0.955. The molecular weight excluding hydrogens is 150 g/mol. The summed E-state index contributed by atoms with van der Waals surface area (Å²) in [6, 6.07) is 4.10. The second-order valence-electron chi connectivity index (χ2n) is 2.44. The first kappa shape index (κ1) is 6.25. The van der Waals surface area contributed by atoms with Gasteiger partial charge in [0.15, 0.2) is 5.22 Å². The third kappa shape index (κ3) is 0.935. The Hall–Kier alpha value is -0.470. The highest BCUT2D eigenvalue weighted by Gasteiger charge is 2.21. The Kier molecular flexibility index (Phi) is 1.43. The highest BCUT2D eigenvalue weighted by molar-refractivity contribution is 6.28. The Morgan fingerprint density at radius 1 is 1.60 bits per heavy atom. The van der Waals surface area contributed by atoms with Crippen LogP contribution >= 0.6 is 11.6 Å². The van der Waals surface area contributed by atoms with E-state index >= 15 is 0 Å². The summed E-state index contributed by atoms with van der Waals surface area (Å²) in [6.45, 7) is 1.09. The molecule has 1 unspecified atom stereocenters. The van der Waals surface area contributed by atoms with Crippen LogP contribution in [0, 0.1) is 0 Å². The lowest BCUT2D eigenvalue weighted by Crippen LogP contribution is -2.34. The van der Waals surface area contributed by atoms with Gasteiger partial charge >= 0.3 is 0 Å². The molecule has 1 fully saturated rings. The van der Waals surface area contributed by atoms with Crippen LogP contribution in [0.4, 0.5) is 0 Å². The van der Waals surface area contributed by atoms with Crippen molar-refractivity contribution in [2.75, 3.05) is 6.54 Å². The van der Waals surface area contributed by atoms with Gasteiger partial charge in [0, 0.05) is 0 Å². The minimum atomic E-state index is 0.410. The minimum absolute atomic E-state index is 0.410. The Bertz CT molecular complexity index is 229. The van der Waals surface area contributed by atoms with E-state index in [-0.39, 0.29) is 0 Å². The fourth-order valence-corrected chi connectivity index (χ4v) is 1.20. The third-order valence-electron chi connectivity index (χ3n) is 1.76. The Morgan fingerprint density at radius 3 is 2.80 bits per heavy atom. The van der Waals surface area contributed by atoms with E-state index in [0.717, 1.165) is 18.7 Å². The first-order chi connectivity index (χ1) is 4.86. The van der Waals surface area contributed by atoms with Crippen LogP contribution < -0.4 is 5.32 Å². The van der Waals surface area contributed by atoms with Crippen LogP contribution in [0.15, 0.2) is 16.5 Å². The Balaban J connectivity index is 2.17. The van der Waals surface area contributed by atoms with E-state index in [4.69, 9.17) is 16.0 Å². The van der Waals surface area contributed by atoms with Crippen LogP contribution in [0.5, 0.6) is 0 Å². The van der Waals surface area contributed by atoms with Crippen molar-refractivity contribution in [3.63, 3.8) is 0 Å². The third-order valence-corrected chi connectivity index (χ3v) is 1.96. The first-order valence-electron chi connectivity index (χ1n) is 3.35. The SMILES string of the molecule is Clc1ccc(C2CCN2)o1. The summed E-state index contributed by atoms with van der Waals surface area (Å²) >= 11 is 5.59. The molecule has 1 aliphatic rings. The molecular formula is C7H8ClNO. The lowest BCUT2D eigenvalue weighted by Gasteiger charge is -2.25. The van der Waals surface area contributed by atoms with Gasteiger partial charge in [0.2, 0.25) is 0 Å². The number of rotatable bonds is 1. The maximum absolute atomic E-state index is 5.59. The van der Waals surface area contributed by atoms with E-state index in [2.05, 4.69) is 5.32 Å². The van der Waals surface area contributed by atoms with Crippen LogP contribution in [-0.2, 0) is 0 Å². The molecule has 0 amide bonds. The van der Waals surface area contributed by atoms with Gasteiger partial charge in [-0.2, -0.15) is 0 Å². The molecule has 1 atom stereocenters. The second kappa shape index (κ2) is 2.29. The van der Waals surface area contributed by atoms with Crippen molar-refractivity contribution in [2.24, 2.45) is 0 Å². The van der Waals surface area contributed by atoms with Crippen molar-refractivity contribution in [2.45, 2.75) is 12.5 Å². The summed E-state index contributed by atoms with van der Waals surface area (Å²) in [6.07, 6.45) is 1.16. The van der Waals surface area contributed by atoms with Crippen molar-refractivity contribution >= 4 is 11.6 Å².